The molecular formula is C21H35IN4O3. The highest BCUT2D eigenvalue weighted by molar-refractivity contribution is 14.0. The summed E-state index contributed by atoms with van der Waals surface area (Å²) in [4.78, 5) is 18.7. The summed E-state index contributed by atoms with van der Waals surface area (Å²) in [6.07, 6.45) is 4.83. The van der Waals surface area contributed by atoms with E-state index in [1.165, 1.54) is 0 Å². The van der Waals surface area contributed by atoms with Gasteiger partial charge in [-0.2, -0.15) is 0 Å². The SMILES string of the molecule is CCNC(=NCCCN1CCCCCC1=O)Nc1ccc(OC)c(OCC)c1.I. The predicted octanol–water partition coefficient (Wildman–Crippen LogP) is 3.88. The molecule has 0 aromatic heterocycles. The number of methoxy groups -OCH3 is 1. The summed E-state index contributed by atoms with van der Waals surface area (Å²) < 4.78 is 11.0. The number of likely N-dealkylation sites (tertiary alicyclic amines) is 1. The second-order valence-corrected chi connectivity index (χ2v) is 6.73. The van der Waals surface area contributed by atoms with Gasteiger partial charge in [-0.15, -0.1) is 24.0 Å². The lowest BCUT2D eigenvalue weighted by atomic mass is 10.2. The number of hydrogen-bond acceptors (Lipinski definition) is 4. The standard InChI is InChI=1S/C21H34N4O3.HI/c1-4-22-21(23-13-9-15-25-14-8-6-7-10-20(25)26)24-17-11-12-18(27-3)19(16-17)28-5-2;/h11-12,16H,4-10,13-15H2,1-3H3,(H2,22,23,24);1H. The Labute approximate surface area is 191 Å². The molecule has 1 amide bonds. The second kappa shape index (κ2) is 14.3. The summed E-state index contributed by atoms with van der Waals surface area (Å²) in [6.45, 7) is 7.64. The lowest BCUT2D eigenvalue weighted by molar-refractivity contribution is -0.130. The molecule has 0 aliphatic carbocycles. The highest BCUT2D eigenvalue weighted by Crippen LogP contribution is 2.30. The summed E-state index contributed by atoms with van der Waals surface area (Å²) in [7, 11) is 1.63. The summed E-state index contributed by atoms with van der Waals surface area (Å²) >= 11 is 0. The van der Waals surface area contributed by atoms with E-state index in [2.05, 4.69) is 15.6 Å². The number of carbonyl (C=O) groups is 1. The van der Waals surface area contributed by atoms with Crippen LogP contribution in [-0.2, 0) is 4.79 Å². The van der Waals surface area contributed by atoms with Crippen LogP contribution in [0.15, 0.2) is 23.2 Å². The largest absolute Gasteiger partial charge is 0.493 e. The number of nitrogens with zero attached hydrogens (tertiary/aromatic N) is 2. The second-order valence-electron chi connectivity index (χ2n) is 6.73. The Morgan fingerprint density at radius 1 is 1.21 bits per heavy atom. The van der Waals surface area contributed by atoms with E-state index in [0.29, 0.717) is 31.1 Å². The van der Waals surface area contributed by atoms with Gasteiger partial charge in [0.2, 0.25) is 5.91 Å². The number of ether oxygens (including phenoxy) is 2. The Morgan fingerprint density at radius 2 is 2.03 bits per heavy atom. The van der Waals surface area contributed by atoms with Crippen LogP contribution in [0.25, 0.3) is 0 Å². The van der Waals surface area contributed by atoms with E-state index in [1.807, 2.05) is 36.9 Å². The molecule has 1 aromatic carbocycles. The van der Waals surface area contributed by atoms with Gasteiger partial charge >= 0.3 is 0 Å². The molecule has 1 aliphatic rings. The number of guanidine groups is 1. The summed E-state index contributed by atoms with van der Waals surface area (Å²) in [6, 6.07) is 5.72. The first kappa shape index (κ1) is 25.3. The van der Waals surface area contributed by atoms with Crippen molar-refractivity contribution < 1.29 is 14.3 Å². The van der Waals surface area contributed by atoms with Gasteiger partial charge in [-0.1, -0.05) is 6.42 Å². The zero-order chi connectivity index (χ0) is 20.2. The Bertz CT molecular complexity index is 655. The Kier molecular flexibility index (Phi) is 12.5. The van der Waals surface area contributed by atoms with E-state index in [-0.39, 0.29) is 29.9 Å². The van der Waals surface area contributed by atoms with Gasteiger partial charge in [0.05, 0.1) is 13.7 Å². The van der Waals surface area contributed by atoms with E-state index in [9.17, 15) is 4.79 Å². The molecule has 0 spiro atoms. The van der Waals surface area contributed by atoms with Crippen LogP contribution in [0, 0.1) is 0 Å². The van der Waals surface area contributed by atoms with Gasteiger partial charge < -0.3 is 25.0 Å². The molecule has 0 unspecified atom stereocenters. The predicted molar refractivity (Wildman–Crippen MR) is 129 cm³/mol. The molecule has 0 radical (unpaired) electrons. The van der Waals surface area contributed by atoms with Crippen molar-refractivity contribution in [1.82, 2.24) is 10.2 Å². The van der Waals surface area contributed by atoms with Crippen molar-refractivity contribution in [1.29, 1.82) is 0 Å². The third-order valence-corrected chi connectivity index (χ3v) is 4.60. The molecule has 2 rings (SSSR count). The molecule has 1 aromatic rings. The molecule has 2 N–H and O–H groups in total. The molecule has 0 atom stereocenters. The first-order chi connectivity index (χ1) is 13.7. The lowest BCUT2D eigenvalue weighted by Gasteiger charge is -2.20. The molecule has 8 heteroatoms. The normalized spacial score (nSPS) is 14.7. The van der Waals surface area contributed by atoms with Gasteiger partial charge in [-0.05, 0) is 45.2 Å². The minimum atomic E-state index is 0. The molecule has 1 heterocycles. The number of anilines is 1. The van der Waals surface area contributed by atoms with Crippen molar-refractivity contribution in [2.24, 2.45) is 4.99 Å². The van der Waals surface area contributed by atoms with E-state index >= 15 is 0 Å². The van der Waals surface area contributed by atoms with Gasteiger partial charge in [0, 0.05) is 44.4 Å². The fourth-order valence-electron chi connectivity index (χ4n) is 3.19. The van der Waals surface area contributed by atoms with Gasteiger partial charge in [0.1, 0.15) is 0 Å². The number of nitrogens with one attached hydrogen (secondary N) is 2. The van der Waals surface area contributed by atoms with Crippen molar-refractivity contribution in [2.45, 2.75) is 46.0 Å². The molecule has 0 bridgehead atoms. The van der Waals surface area contributed by atoms with Crippen LogP contribution in [0.5, 0.6) is 11.5 Å². The van der Waals surface area contributed by atoms with Gasteiger partial charge in [-0.25, -0.2) is 0 Å². The Balaban J connectivity index is 0.00000420. The van der Waals surface area contributed by atoms with Crippen molar-refractivity contribution in [3.63, 3.8) is 0 Å². The molecule has 1 saturated heterocycles. The average molecular weight is 518 g/mol. The van der Waals surface area contributed by atoms with E-state index in [4.69, 9.17) is 9.47 Å². The molecule has 7 nitrogen and oxygen atoms in total. The summed E-state index contributed by atoms with van der Waals surface area (Å²) in [5.41, 5.74) is 0.881. The third kappa shape index (κ3) is 8.67. The van der Waals surface area contributed by atoms with Crippen LogP contribution < -0.4 is 20.1 Å². The smallest absolute Gasteiger partial charge is 0.222 e. The number of aliphatic imine (C=N–C) groups is 1. The number of amides is 1. The number of hydrogen-bond donors (Lipinski definition) is 2. The molecule has 1 aliphatic heterocycles. The van der Waals surface area contributed by atoms with Crippen LogP contribution in [-0.4, -0.2) is 56.7 Å². The van der Waals surface area contributed by atoms with Crippen molar-refractivity contribution in [2.75, 3.05) is 45.2 Å². The maximum atomic E-state index is 12.1. The van der Waals surface area contributed by atoms with Gasteiger partial charge in [0.25, 0.3) is 0 Å². The van der Waals surface area contributed by atoms with Gasteiger partial charge in [0.15, 0.2) is 17.5 Å². The maximum Gasteiger partial charge on any atom is 0.222 e. The first-order valence-electron chi connectivity index (χ1n) is 10.3. The zero-order valence-electron chi connectivity index (χ0n) is 17.8. The van der Waals surface area contributed by atoms with Crippen LogP contribution in [0.4, 0.5) is 5.69 Å². The summed E-state index contributed by atoms with van der Waals surface area (Å²) in [5.74, 6) is 2.41. The van der Waals surface area contributed by atoms with E-state index in [1.54, 1.807) is 7.11 Å². The first-order valence-corrected chi connectivity index (χ1v) is 10.3. The topological polar surface area (TPSA) is 75.2 Å². The minimum Gasteiger partial charge on any atom is -0.493 e. The minimum absolute atomic E-state index is 0. The van der Waals surface area contributed by atoms with Crippen LogP contribution in [0.3, 0.4) is 0 Å². The Morgan fingerprint density at radius 3 is 2.76 bits per heavy atom. The van der Waals surface area contributed by atoms with E-state index < -0.39 is 0 Å². The van der Waals surface area contributed by atoms with E-state index in [0.717, 1.165) is 57.0 Å². The fraction of sp³-hybridized carbons (Fsp3) is 0.619. The molecule has 164 valence electrons. The number of benzene rings is 1. The maximum absolute atomic E-state index is 12.1. The zero-order valence-corrected chi connectivity index (χ0v) is 20.2. The van der Waals surface area contributed by atoms with Crippen LogP contribution >= 0.6 is 24.0 Å². The van der Waals surface area contributed by atoms with Crippen molar-refractivity contribution in [3.05, 3.63) is 18.2 Å². The fourth-order valence-corrected chi connectivity index (χ4v) is 3.19. The van der Waals surface area contributed by atoms with Crippen LogP contribution in [0.1, 0.15) is 46.0 Å². The average Bonchev–Trinajstić information content (AvgIpc) is 2.90. The molecule has 29 heavy (non-hydrogen) atoms. The number of rotatable bonds is 9. The summed E-state index contributed by atoms with van der Waals surface area (Å²) in [5, 5.41) is 6.56. The molecular weight excluding hydrogens is 483 g/mol. The lowest BCUT2D eigenvalue weighted by Crippen LogP contribution is -2.32. The molecule has 0 saturated carbocycles. The molecule has 1 fully saturated rings. The highest BCUT2D eigenvalue weighted by atomic mass is 127. The highest BCUT2D eigenvalue weighted by Gasteiger charge is 2.15. The van der Waals surface area contributed by atoms with Crippen molar-refractivity contribution >= 4 is 41.5 Å². The van der Waals surface area contributed by atoms with Crippen LogP contribution in [0.2, 0.25) is 0 Å². The number of carbonyl (C=O) groups excluding carboxylic acids is 1. The Hall–Kier alpha value is -1.71. The number of halogens is 1. The van der Waals surface area contributed by atoms with Gasteiger partial charge in [-0.3, -0.25) is 9.79 Å². The third-order valence-electron chi connectivity index (χ3n) is 4.60. The van der Waals surface area contributed by atoms with Crippen molar-refractivity contribution in [3.8, 4) is 11.5 Å². The quantitative estimate of drug-likeness (QED) is 0.225. The monoisotopic (exact) mass is 518 g/mol.